The monoisotopic (exact) mass is 544 g/mol. The second-order valence-electron chi connectivity index (χ2n) is 9.51. The Morgan fingerprint density at radius 2 is 1.74 bits per heavy atom. The number of hydrogen-bond acceptors (Lipinski definition) is 5. The van der Waals surface area contributed by atoms with Gasteiger partial charge in [-0.15, -0.1) is 0 Å². The van der Waals surface area contributed by atoms with Crippen LogP contribution in [-0.2, 0) is 28.4 Å². The number of fused-ring (bicyclic) bond motifs is 1. The van der Waals surface area contributed by atoms with Gasteiger partial charge in [0.2, 0.25) is 0 Å². The van der Waals surface area contributed by atoms with E-state index >= 15 is 0 Å². The van der Waals surface area contributed by atoms with Crippen LogP contribution in [0.2, 0.25) is 0 Å². The SMILES string of the molecule is CCc1ccc2c(c1)[C@@H](NC[C@@H](O)[C@H](Cc1cc(F)cc(F)c1)N(C(=O)O)c1ccccc1)CS(=O)(=O)C2. The molecule has 0 radical (unpaired) electrons. The summed E-state index contributed by atoms with van der Waals surface area (Å²) < 4.78 is 53.0. The van der Waals surface area contributed by atoms with Crippen LogP contribution in [0.3, 0.4) is 0 Å². The Bertz CT molecular complexity index is 1380. The smallest absolute Gasteiger partial charge is 0.412 e. The fourth-order valence-corrected chi connectivity index (χ4v) is 6.59. The zero-order chi connectivity index (χ0) is 27.4. The van der Waals surface area contributed by atoms with Crippen LogP contribution in [0.5, 0.6) is 0 Å². The van der Waals surface area contributed by atoms with Crippen molar-refractivity contribution >= 4 is 21.6 Å². The Labute approximate surface area is 220 Å². The molecule has 7 nitrogen and oxygen atoms in total. The van der Waals surface area contributed by atoms with E-state index in [0.717, 1.165) is 34.6 Å². The fraction of sp³-hybridized carbons (Fsp3) is 0.321. The predicted octanol–water partition coefficient (Wildman–Crippen LogP) is 4.24. The molecular formula is C28H30F2N2O5S. The van der Waals surface area contributed by atoms with Gasteiger partial charge in [0.15, 0.2) is 9.84 Å². The highest BCUT2D eigenvalue weighted by Gasteiger charge is 2.34. The van der Waals surface area contributed by atoms with E-state index in [0.29, 0.717) is 11.6 Å². The molecule has 0 aromatic heterocycles. The van der Waals surface area contributed by atoms with Crippen molar-refractivity contribution in [3.63, 3.8) is 0 Å². The van der Waals surface area contributed by atoms with Gasteiger partial charge < -0.3 is 15.5 Å². The third-order valence-electron chi connectivity index (χ3n) is 6.75. The lowest BCUT2D eigenvalue weighted by molar-refractivity contribution is 0.128. The molecule has 4 rings (SSSR count). The molecule has 3 aromatic carbocycles. The molecule has 0 unspecified atom stereocenters. The number of carboxylic acid groups (broad SMARTS) is 1. The van der Waals surface area contributed by atoms with Crippen LogP contribution in [0.15, 0.2) is 66.7 Å². The largest absolute Gasteiger partial charge is 0.465 e. The Balaban J connectivity index is 1.64. The highest BCUT2D eigenvalue weighted by molar-refractivity contribution is 7.90. The molecule has 3 atom stereocenters. The number of anilines is 1. The number of hydrogen-bond donors (Lipinski definition) is 3. The summed E-state index contributed by atoms with van der Waals surface area (Å²) >= 11 is 0. The van der Waals surface area contributed by atoms with Crippen molar-refractivity contribution in [3.05, 3.63) is 101 Å². The fourth-order valence-electron chi connectivity index (χ4n) is 4.93. The molecule has 0 saturated heterocycles. The van der Waals surface area contributed by atoms with Crippen LogP contribution < -0.4 is 10.2 Å². The molecule has 10 heteroatoms. The van der Waals surface area contributed by atoms with Gasteiger partial charge in [0, 0.05) is 24.3 Å². The minimum Gasteiger partial charge on any atom is -0.465 e. The van der Waals surface area contributed by atoms with E-state index in [1.54, 1.807) is 36.4 Å². The maximum Gasteiger partial charge on any atom is 0.412 e. The number of sulfone groups is 1. The normalized spacial score (nSPS) is 17.8. The summed E-state index contributed by atoms with van der Waals surface area (Å²) in [5.74, 6) is -1.87. The first-order chi connectivity index (χ1) is 18.1. The van der Waals surface area contributed by atoms with Crippen molar-refractivity contribution in [1.29, 1.82) is 0 Å². The average Bonchev–Trinajstić information content (AvgIpc) is 2.85. The summed E-state index contributed by atoms with van der Waals surface area (Å²) in [5, 5.41) is 24.5. The van der Waals surface area contributed by atoms with Crippen LogP contribution in [0.4, 0.5) is 19.3 Å². The second kappa shape index (κ2) is 11.6. The first kappa shape index (κ1) is 27.7. The van der Waals surface area contributed by atoms with E-state index in [1.807, 2.05) is 19.1 Å². The third kappa shape index (κ3) is 6.56. The van der Waals surface area contributed by atoms with Crippen LogP contribution in [0.1, 0.15) is 35.2 Å². The summed E-state index contributed by atoms with van der Waals surface area (Å²) in [6.45, 7) is 1.84. The van der Waals surface area contributed by atoms with Crippen molar-refractivity contribution in [2.24, 2.45) is 0 Å². The van der Waals surface area contributed by atoms with Crippen molar-refractivity contribution in [2.75, 3.05) is 17.2 Å². The number of nitrogens with one attached hydrogen (secondary N) is 1. The molecule has 38 heavy (non-hydrogen) atoms. The molecule has 0 saturated carbocycles. The van der Waals surface area contributed by atoms with Crippen molar-refractivity contribution < 1.29 is 32.2 Å². The van der Waals surface area contributed by atoms with Crippen LogP contribution in [0.25, 0.3) is 0 Å². The van der Waals surface area contributed by atoms with E-state index in [4.69, 9.17) is 0 Å². The van der Waals surface area contributed by atoms with Crippen LogP contribution in [0, 0.1) is 11.6 Å². The van der Waals surface area contributed by atoms with E-state index < -0.39 is 45.8 Å². The number of nitrogens with zero attached hydrogens (tertiary/aromatic N) is 1. The van der Waals surface area contributed by atoms with Gasteiger partial charge in [0.1, 0.15) is 11.6 Å². The van der Waals surface area contributed by atoms with Gasteiger partial charge in [0.05, 0.1) is 23.7 Å². The number of rotatable bonds is 9. The molecule has 1 aliphatic rings. The molecule has 1 aliphatic heterocycles. The summed E-state index contributed by atoms with van der Waals surface area (Å²) in [5.41, 5.74) is 3.01. The molecule has 0 spiro atoms. The Kier molecular flexibility index (Phi) is 8.44. The molecule has 1 heterocycles. The Morgan fingerprint density at radius 1 is 1.05 bits per heavy atom. The van der Waals surface area contributed by atoms with E-state index in [1.165, 1.54) is 0 Å². The van der Waals surface area contributed by atoms with Crippen molar-refractivity contribution in [3.8, 4) is 0 Å². The number of carbonyl (C=O) groups is 1. The molecule has 1 amide bonds. The zero-order valence-electron chi connectivity index (χ0n) is 20.8. The summed E-state index contributed by atoms with van der Waals surface area (Å²) in [6, 6.07) is 14.9. The average molecular weight is 545 g/mol. The number of aliphatic hydroxyl groups is 1. The number of amides is 1. The van der Waals surface area contributed by atoms with E-state index in [-0.39, 0.29) is 35.7 Å². The van der Waals surface area contributed by atoms with Gasteiger partial charge in [-0.2, -0.15) is 0 Å². The first-order valence-corrected chi connectivity index (χ1v) is 14.1. The number of benzene rings is 3. The number of para-hydroxylation sites is 1. The molecule has 3 aromatic rings. The van der Waals surface area contributed by atoms with Gasteiger partial charge in [-0.05, 0) is 59.4 Å². The van der Waals surface area contributed by atoms with E-state index in [2.05, 4.69) is 5.32 Å². The molecule has 202 valence electrons. The topological polar surface area (TPSA) is 107 Å². The minimum absolute atomic E-state index is 0.0678. The molecule has 3 N–H and O–H groups in total. The van der Waals surface area contributed by atoms with Gasteiger partial charge in [0.25, 0.3) is 0 Å². The lowest BCUT2D eigenvalue weighted by atomic mass is 9.96. The first-order valence-electron chi connectivity index (χ1n) is 12.3. The van der Waals surface area contributed by atoms with Crippen molar-refractivity contribution in [2.45, 2.75) is 43.7 Å². The standard InChI is InChI=1S/C28H30F2N2O5S/c1-2-18-8-9-20-16-38(36,37)17-25(24(20)12-18)31-15-27(33)26(13-19-10-21(29)14-22(30)11-19)32(28(34)35)23-6-4-3-5-7-23/h3-12,14,25-27,31,33H,2,13,15-17H2,1H3,(H,34,35)/t25-,26-,27+/m0/s1. The van der Waals surface area contributed by atoms with Crippen LogP contribution >= 0.6 is 0 Å². The molecule has 0 fully saturated rings. The maximum atomic E-state index is 13.9. The summed E-state index contributed by atoms with van der Waals surface area (Å²) in [7, 11) is -3.40. The molecule has 0 bridgehead atoms. The van der Waals surface area contributed by atoms with Gasteiger partial charge in [-0.3, -0.25) is 4.90 Å². The maximum absolute atomic E-state index is 13.9. The molecule has 0 aliphatic carbocycles. The van der Waals surface area contributed by atoms with Gasteiger partial charge >= 0.3 is 6.09 Å². The van der Waals surface area contributed by atoms with E-state index in [9.17, 15) is 32.2 Å². The highest BCUT2D eigenvalue weighted by Crippen LogP contribution is 2.30. The molecular weight excluding hydrogens is 514 g/mol. The predicted molar refractivity (Wildman–Crippen MR) is 141 cm³/mol. The third-order valence-corrected chi connectivity index (χ3v) is 8.34. The second-order valence-corrected chi connectivity index (χ2v) is 11.6. The quantitative estimate of drug-likeness (QED) is 0.372. The number of halogens is 2. The zero-order valence-corrected chi connectivity index (χ0v) is 21.7. The minimum atomic E-state index is -3.40. The van der Waals surface area contributed by atoms with Gasteiger partial charge in [-0.25, -0.2) is 22.0 Å². The van der Waals surface area contributed by atoms with Crippen LogP contribution in [-0.4, -0.2) is 49.2 Å². The number of aryl methyl sites for hydroxylation is 1. The Hall–Kier alpha value is -3.34. The van der Waals surface area contributed by atoms with Crippen molar-refractivity contribution in [1.82, 2.24) is 5.32 Å². The summed E-state index contributed by atoms with van der Waals surface area (Å²) in [4.78, 5) is 13.3. The highest BCUT2D eigenvalue weighted by atomic mass is 32.2. The lowest BCUT2D eigenvalue weighted by Crippen LogP contribution is -2.52. The number of aliphatic hydroxyl groups excluding tert-OH is 1. The summed E-state index contributed by atoms with van der Waals surface area (Å²) in [6.07, 6.45) is -2.11. The van der Waals surface area contributed by atoms with Gasteiger partial charge in [-0.1, -0.05) is 43.3 Å². The Morgan fingerprint density at radius 3 is 2.37 bits per heavy atom. The lowest BCUT2D eigenvalue weighted by Gasteiger charge is -2.35.